The maximum absolute atomic E-state index is 11.4. The number of para-hydroxylation sites is 1. The maximum Gasteiger partial charge on any atom is 0.163 e. The quantitative estimate of drug-likeness (QED) is 0.785. The number of hydrogen-bond donors (Lipinski definition) is 0. The van der Waals surface area contributed by atoms with Crippen LogP contribution in [0.1, 0.15) is 36.5 Å². The fraction of sp³-hybridized carbons (Fsp3) is 0.462. The molecule has 2 rings (SSSR count). The second kappa shape index (κ2) is 5.00. The van der Waals surface area contributed by atoms with Gasteiger partial charge in [0.1, 0.15) is 5.75 Å². The summed E-state index contributed by atoms with van der Waals surface area (Å²) >= 11 is 3.43. The number of benzene rings is 1. The molecule has 0 unspecified atom stereocenters. The van der Waals surface area contributed by atoms with Gasteiger partial charge < -0.3 is 4.74 Å². The van der Waals surface area contributed by atoms with Gasteiger partial charge in [-0.05, 0) is 53.7 Å². The molecule has 0 bridgehead atoms. The highest BCUT2D eigenvalue weighted by atomic mass is 79.9. The van der Waals surface area contributed by atoms with Crippen molar-refractivity contribution in [3.8, 4) is 5.75 Å². The number of Topliss-reactive ketones (excluding diaryl/α,β-unsaturated/α-hetero) is 1. The monoisotopic (exact) mass is 282 g/mol. The van der Waals surface area contributed by atoms with Gasteiger partial charge in [0, 0.05) is 0 Å². The van der Waals surface area contributed by atoms with Crippen LogP contribution in [0.3, 0.4) is 0 Å². The number of ketones is 1. The van der Waals surface area contributed by atoms with E-state index in [1.807, 2.05) is 18.2 Å². The maximum atomic E-state index is 11.4. The Morgan fingerprint density at radius 2 is 2.25 bits per heavy atom. The van der Waals surface area contributed by atoms with Crippen molar-refractivity contribution in [3.05, 3.63) is 28.2 Å². The van der Waals surface area contributed by atoms with Crippen molar-refractivity contribution in [1.29, 1.82) is 0 Å². The van der Waals surface area contributed by atoms with Crippen molar-refractivity contribution in [2.75, 3.05) is 6.61 Å². The molecule has 0 amide bonds. The minimum Gasteiger partial charge on any atom is -0.491 e. The molecule has 0 aliphatic heterocycles. The summed E-state index contributed by atoms with van der Waals surface area (Å²) in [5.74, 6) is 1.42. The summed E-state index contributed by atoms with van der Waals surface area (Å²) in [6.07, 6.45) is 3.81. The molecule has 1 fully saturated rings. The van der Waals surface area contributed by atoms with Crippen LogP contribution in [0.4, 0.5) is 0 Å². The zero-order valence-corrected chi connectivity index (χ0v) is 10.9. The highest BCUT2D eigenvalue weighted by Gasteiger charge is 2.20. The first kappa shape index (κ1) is 11.6. The lowest BCUT2D eigenvalue weighted by molar-refractivity contribution is 0.101. The van der Waals surface area contributed by atoms with Gasteiger partial charge in [-0.15, -0.1) is 0 Å². The molecule has 1 aromatic rings. The molecule has 0 N–H and O–H groups in total. The number of rotatable bonds is 4. The molecule has 1 saturated carbocycles. The Hall–Kier alpha value is -0.830. The minimum atomic E-state index is 0.0462. The number of ether oxygens (including phenoxy) is 1. The van der Waals surface area contributed by atoms with Crippen LogP contribution in [0.5, 0.6) is 5.75 Å². The molecule has 1 aromatic carbocycles. The minimum absolute atomic E-state index is 0.0462. The zero-order chi connectivity index (χ0) is 11.5. The van der Waals surface area contributed by atoms with Gasteiger partial charge in [0.2, 0.25) is 0 Å². The van der Waals surface area contributed by atoms with E-state index in [-0.39, 0.29) is 5.78 Å². The van der Waals surface area contributed by atoms with Crippen molar-refractivity contribution in [3.63, 3.8) is 0 Å². The Balaban J connectivity index is 2.13. The Bertz CT molecular complexity index is 397. The molecular formula is C13H15BrO2. The van der Waals surface area contributed by atoms with Crippen molar-refractivity contribution < 1.29 is 9.53 Å². The Labute approximate surface area is 104 Å². The number of carbonyl (C=O) groups excluding carboxylic acids is 1. The predicted octanol–water partition coefficient (Wildman–Crippen LogP) is 3.83. The molecule has 16 heavy (non-hydrogen) atoms. The lowest BCUT2D eigenvalue weighted by Crippen LogP contribution is -2.20. The van der Waals surface area contributed by atoms with E-state index < -0.39 is 0 Å². The molecule has 0 spiro atoms. The fourth-order valence-electron chi connectivity index (χ4n) is 1.79. The largest absolute Gasteiger partial charge is 0.491 e. The van der Waals surface area contributed by atoms with E-state index in [1.54, 1.807) is 6.92 Å². The topological polar surface area (TPSA) is 26.3 Å². The average molecular weight is 283 g/mol. The van der Waals surface area contributed by atoms with E-state index in [2.05, 4.69) is 15.9 Å². The summed E-state index contributed by atoms with van der Waals surface area (Å²) in [6, 6.07) is 5.57. The molecule has 3 heteroatoms. The average Bonchev–Trinajstić information content (AvgIpc) is 2.17. The van der Waals surface area contributed by atoms with Crippen LogP contribution in [0.2, 0.25) is 0 Å². The molecule has 2 nitrogen and oxygen atoms in total. The predicted molar refractivity (Wildman–Crippen MR) is 67.0 cm³/mol. The van der Waals surface area contributed by atoms with Gasteiger partial charge in [0.05, 0.1) is 16.6 Å². The molecule has 86 valence electrons. The van der Waals surface area contributed by atoms with E-state index in [4.69, 9.17) is 4.74 Å². The second-order valence-electron chi connectivity index (χ2n) is 4.28. The van der Waals surface area contributed by atoms with Gasteiger partial charge in [-0.2, -0.15) is 0 Å². The van der Waals surface area contributed by atoms with Crippen LogP contribution >= 0.6 is 15.9 Å². The summed E-state index contributed by atoms with van der Waals surface area (Å²) in [4.78, 5) is 11.4. The number of halogens is 1. The first-order valence-electron chi connectivity index (χ1n) is 5.60. The van der Waals surface area contributed by atoms with E-state index in [1.165, 1.54) is 19.3 Å². The normalized spacial score (nSPS) is 15.6. The fourth-order valence-corrected chi connectivity index (χ4v) is 2.27. The van der Waals surface area contributed by atoms with Gasteiger partial charge in [0.15, 0.2) is 5.78 Å². The third kappa shape index (κ3) is 2.46. The van der Waals surface area contributed by atoms with Crippen LogP contribution < -0.4 is 4.74 Å². The molecule has 0 aromatic heterocycles. The highest BCUT2D eigenvalue weighted by Crippen LogP contribution is 2.32. The van der Waals surface area contributed by atoms with Gasteiger partial charge in [0.25, 0.3) is 0 Å². The number of carbonyl (C=O) groups is 1. The van der Waals surface area contributed by atoms with E-state index in [0.717, 1.165) is 11.1 Å². The molecule has 0 atom stereocenters. The highest BCUT2D eigenvalue weighted by molar-refractivity contribution is 9.10. The van der Waals surface area contributed by atoms with Crippen molar-refractivity contribution in [2.45, 2.75) is 26.2 Å². The molecule has 0 saturated heterocycles. The van der Waals surface area contributed by atoms with E-state index in [9.17, 15) is 4.79 Å². The summed E-state index contributed by atoms with van der Waals surface area (Å²) < 4.78 is 6.63. The zero-order valence-electron chi connectivity index (χ0n) is 9.33. The van der Waals surface area contributed by atoms with Crippen LogP contribution in [0.25, 0.3) is 0 Å². The van der Waals surface area contributed by atoms with Gasteiger partial charge in [-0.3, -0.25) is 4.79 Å². The Morgan fingerprint density at radius 3 is 2.81 bits per heavy atom. The van der Waals surface area contributed by atoms with Crippen LogP contribution in [0.15, 0.2) is 22.7 Å². The molecule has 1 aliphatic carbocycles. The third-order valence-electron chi connectivity index (χ3n) is 3.03. The van der Waals surface area contributed by atoms with E-state index in [0.29, 0.717) is 17.2 Å². The lowest BCUT2D eigenvalue weighted by Gasteiger charge is -2.25. The SMILES string of the molecule is CC(=O)c1cccc(Br)c1OCC1CCC1. The summed E-state index contributed by atoms with van der Waals surface area (Å²) in [6.45, 7) is 2.29. The summed E-state index contributed by atoms with van der Waals surface area (Å²) in [5, 5.41) is 0. The lowest BCUT2D eigenvalue weighted by atomic mass is 9.86. The smallest absolute Gasteiger partial charge is 0.163 e. The van der Waals surface area contributed by atoms with Crippen molar-refractivity contribution in [1.82, 2.24) is 0 Å². The Kier molecular flexibility index (Phi) is 3.64. The third-order valence-corrected chi connectivity index (χ3v) is 3.66. The number of hydrogen-bond acceptors (Lipinski definition) is 2. The van der Waals surface area contributed by atoms with Crippen molar-refractivity contribution >= 4 is 21.7 Å². The summed E-state index contributed by atoms with van der Waals surface area (Å²) in [7, 11) is 0. The molecular weight excluding hydrogens is 268 g/mol. The first-order chi connectivity index (χ1) is 7.68. The van der Waals surface area contributed by atoms with Crippen LogP contribution in [-0.2, 0) is 0 Å². The molecule has 0 radical (unpaired) electrons. The summed E-state index contributed by atoms with van der Waals surface area (Å²) in [5.41, 5.74) is 0.661. The van der Waals surface area contributed by atoms with Crippen LogP contribution in [0, 0.1) is 5.92 Å². The van der Waals surface area contributed by atoms with E-state index >= 15 is 0 Å². The van der Waals surface area contributed by atoms with Gasteiger partial charge >= 0.3 is 0 Å². The molecule has 1 aliphatic rings. The van der Waals surface area contributed by atoms with Crippen LogP contribution in [-0.4, -0.2) is 12.4 Å². The van der Waals surface area contributed by atoms with Gasteiger partial charge in [-0.25, -0.2) is 0 Å². The van der Waals surface area contributed by atoms with Gasteiger partial charge in [-0.1, -0.05) is 12.5 Å². The molecule has 0 heterocycles. The second-order valence-corrected chi connectivity index (χ2v) is 5.13. The van der Waals surface area contributed by atoms with Crippen molar-refractivity contribution in [2.24, 2.45) is 5.92 Å². The first-order valence-corrected chi connectivity index (χ1v) is 6.40. The standard InChI is InChI=1S/C13H15BrO2/c1-9(15)11-6-3-7-12(14)13(11)16-8-10-4-2-5-10/h3,6-7,10H,2,4-5,8H2,1H3. The Morgan fingerprint density at radius 1 is 1.50 bits per heavy atom.